The van der Waals surface area contributed by atoms with E-state index >= 15 is 0 Å². The fourth-order valence-electron chi connectivity index (χ4n) is 2.58. The van der Waals surface area contributed by atoms with E-state index in [9.17, 15) is 4.79 Å². The highest BCUT2D eigenvalue weighted by atomic mass is 79.9. The van der Waals surface area contributed by atoms with Gasteiger partial charge in [-0.15, -0.1) is 0 Å². The van der Waals surface area contributed by atoms with Gasteiger partial charge in [0.05, 0.1) is 10.7 Å². The summed E-state index contributed by atoms with van der Waals surface area (Å²) in [6.07, 6.45) is 4.25. The predicted molar refractivity (Wildman–Crippen MR) is 72.7 cm³/mol. The zero-order valence-corrected chi connectivity index (χ0v) is 11.4. The van der Waals surface area contributed by atoms with E-state index in [-0.39, 0.29) is 11.7 Å². The molecular formula is C15H13BrO2. The van der Waals surface area contributed by atoms with Crippen LogP contribution in [0.1, 0.15) is 28.1 Å². The van der Waals surface area contributed by atoms with Gasteiger partial charge in [-0.1, -0.05) is 24.3 Å². The second-order valence-corrected chi connectivity index (χ2v) is 5.52. The van der Waals surface area contributed by atoms with Crippen LogP contribution in [0.5, 0.6) is 0 Å². The quantitative estimate of drug-likeness (QED) is 0.784. The molecule has 1 aromatic carbocycles. The Morgan fingerprint density at radius 1 is 1.22 bits per heavy atom. The van der Waals surface area contributed by atoms with Crippen LogP contribution in [0.2, 0.25) is 0 Å². The first-order chi connectivity index (χ1) is 8.75. The van der Waals surface area contributed by atoms with Gasteiger partial charge in [0.2, 0.25) is 5.78 Å². The van der Waals surface area contributed by atoms with Gasteiger partial charge in [0.15, 0.2) is 5.76 Å². The average molecular weight is 305 g/mol. The van der Waals surface area contributed by atoms with Crippen molar-refractivity contribution < 1.29 is 9.21 Å². The number of carbonyl (C=O) groups is 1. The molecule has 0 radical (unpaired) electrons. The monoisotopic (exact) mass is 304 g/mol. The van der Waals surface area contributed by atoms with Crippen molar-refractivity contribution in [1.29, 1.82) is 0 Å². The summed E-state index contributed by atoms with van der Waals surface area (Å²) in [4.78, 5) is 12.4. The number of benzene rings is 1. The molecule has 2 nitrogen and oxygen atoms in total. The van der Waals surface area contributed by atoms with Crippen LogP contribution in [0, 0.1) is 5.92 Å². The molecule has 0 saturated carbocycles. The van der Waals surface area contributed by atoms with Crippen molar-refractivity contribution in [2.24, 2.45) is 5.92 Å². The van der Waals surface area contributed by atoms with Gasteiger partial charge in [0.25, 0.3) is 0 Å². The molecule has 3 rings (SSSR count). The van der Waals surface area contributed by atoms with Gasteiger partial charge in [0, 0.05) is 5.92 Å². The van der Waals surface area contributed by atoms with Crippen molar-refractivity contribution in [1.82, 2.24) is 0 Å². The Kier molecular flexibility index (Phi) is 3.08. The third-order valence-electron chi connectivity index (χ3n) is 3.56. The summed E-state index contributed by atoms with van der Waals surface area (Å²) in [6.45, 7) is 0. The summed E-state index contributed by atoms with van der Waals surface area (Å²) in [7, 11) is 0. The lowest BCUT2D eigenvalue weighted by atomic mass is 9.81. The zero-order chi connectivity index (χ0) is 12.5. The number of hydrogen-bond acceptors (Lipinski definition) is 2. The molecule has 1 atom stereocenters. The number of ketones is 1. The molecule has 0 N–H and O–H groups in total. The Balaban J connectivity index is 1.84. The first kappa shape index (κ1) is 11.7. The number of hydrogen-bond donors (Lipinski definition) is 0. The lowest BCUT2D eigenvalue weighted by molar-refractivity contribution is 0.0879. The first-order valence-corrected chi connectivity index (χ1v) is 6.89. The summed E-state index contributed by atoms with van der Waals surface area (Å²) >= 11 is 3.35. The van der Waals surface area contributed by atoms with E-state index in [1.165, 1.54) is 11.1 Å². The molecule has 18 heavy (non-hydrogen) atoms. The molecule has 0 fully saturated rings. The van der Waals surface area contributed by atoms with Crippen LogP contribution >= 0.6 is 15.9 Å². The van der Waals surface area contributed by atoms with Crippen molar-refractivity contribution in [3.8, 4) is 0 Å². The highest BCUT2D eigenvalue weighted by Gasteiger charge is 2.28. The van der Waals surface area contributed by atoms with Crippen molar-refractivity contribution >= 4 is 21.7 Å². The van der Waals surface area contributed by atoms with E-state index in [2.05, 4.69) is 34.1 Å². The van der Waals surface area contributed by atoms with Crippen LogP contribution < -0.4 is 0 Å². The van der Waals surface area contributed by atoms with Crippen molar-refractivity contribution in [2.75, 3.05) is 0 Å². The Labute approximate surface area is 114 Å². The van der Waals surface area contributed by atoms with Crippen molar-refractivity contribution in [3.05, 3.63) is 58.0 Å². The van der Waals surface area contributed by atoms with Crippen LogP contribution in [-0.4, -0.2) is 5.78 Å². The Morgan fingerprint density at radius 3 is 2.72 bits per heavy atom. The fourth-order valence-corrected chi connectivity index (χ4v) is 2.97. The maximum atomic E-state index is 12.4. The van der Waals surface area contributed by atoms with E-state index in [4.69, 9.17) is 4.42 Å². The molecule has 0 spiro atoms. The molecule has 0 saturated heterocycles. The van der Waals surface area contributed by atoms with Gasteiger partial charge in [-0.25, -0.2) is 0 Å². The van der Waals surface area contributed by atoms with Crippen molar-refractivity contribution in [2.45, 2.75) is 19.3 Å². The van der Waals surface area contributed by atoms with Crippen LogP contribution in [0.25, 0.3) is 0 Å². The predicted octanol–water partition coefficient (Wildman–Crippen LogP) is 4.03. The van der Waals surface area contributed by atoms with Crippen LogP contribution in [0.15, 0.2) is 45.5 Å². The summed E-state index contributed by atoms with van der Waals surface area (Å²) in [5, 5.41) is 0. The minimum Gasteiger partial charge on any atom is -0.460 e. The molecule has 0 aliphatic heterocycles. The van der Waals surface area contributed by atoms with Gasteiger partial charge in [-0.05, 0) is 52.4 Å². The summed E-state index contributed by atoms with van der Waals surface area (Å²) < 4.78 is 6.03. The molecule has 1 unspecified atom stereocenters. The van der Waals surface area contributed by atoms with E-state index in [0.717, 1.165) is 23.7 Å². The second-order valence-electron chi connectivity index (χ2n) is 4.67. The largest absolute Gasteiger partial charge is 0.460 e. The molecular weight excluding hydrogens is 292 g/mol. The summed E-state index contributed by atoms with van der Waals surface area (Å²) in [5.41, 5.74) is 2.67. The minimum atomic E-state index is 0.0438. The third kappa shape index (κ3) is 2.03. The molecule has 0 bridgehead atoms. The second kappa shape index (κ2) is 4.73. The molecule has 1 aliphatic carbocycles. The number of furan rings is 1. The molecule has 2 aromatic rings. The SMILES string of the molecule is O=C(c1occc1Br)C1CCc2ccccc2C1. The number of aryl methyl sites for hydroxylation is 1. The number of rotatable bonds is 2. The van der Waals surface area contributed by atoms with Crippen LogP contribution in [0.3, 0.4) is 0 Å². The van der Waals surface area contributed by atoms with Gasteiger partial charge < -0.3 is 4.42 Å². The number of halogens is 1. The van der Waals surface area contributed by atoms with Gasteiger partial charge in [-0.3, -0.25) is 4.79 Å². The average Bonchev–Trinajstić information content (AvgIpc) is 2.83. The molecule has 1 aliphatic rings. The van der Waals surface area contributed by atoms with Gasteiger partial charge in [0.1, 0.15) is 0 Å². The summed E-state index contributed by atoms with van der Waals surface area (Å²) in [6, 6.07) is 10.1. The molecule has 1 aromatic heterocycles. The van der Waals surface area contributed by atoms with Crippen molar-refractivity contribution in [3.63, 3.8) is 0 Å². The topological polar surface area (TPSA) is 30.2 Å². The van der Waals surface area contributed by atoms with E-state index in [0.29, 0.717) is 5.76 Å². The number of fused-ring (bicyclic) bond motifs is 1. The Bertz CT molecular complexity index is 586. The standard InChI is InChI=1S/C15H13BrO2/c16-13-7-8-18-15(13)14(17)12-6-5-10-3-1-2-4-11(10)9-12/h1-4,7-8,12H,5-6,9H2. The molecule has 92 valence electrons. The minimum absolute atomic E-state index is 0.0438. The first-order valence-electron chi connectivity index (χ1n) is 6.09. The Morgan fingerprint density at radius 2 is 2.00 bits per heavy atom. The summed E-state index contributed by atoms with van der Waals surface area (Å²) in [5.74, 6) is 0.614. The normalized spacial score (nSPS) is 18.4. The highest BCUT2D eigenvalue weighted by molar-refractivity contribution is 9.10. The fraction of sp³-hybridized carbons (Fsp3) is 0.267. The third-order valence-corrected chi connectivity index (χ3v) is 4.18. The van der Waals surface area contributed by atoms with Crippen LogP contribution in [-0.2, 0) is 12.8 Å². The Hall–Kier alpha value is -1.35. The lowest BCUT2D eigenvalue weighted by Crippen LogP contribution is -2.22. The maximum Gasteiger partial charge on any atom is 0.202 e. The smallest absolute Gasteiger partial charge is 0.202 e. The van der Waals surface area contributed by atoms with Gasteiger partial charge >= 0.3 is 0 Å². The number of carbonyl (C=O) groups excluding carboxylic acids is 1. The molecule has 3 heteroatoms. The zero-order valence-electron chi connectivity index (χ0n) is 9.86. The number of Topliss-reactive ketones (excluding diaryl/α,β-unsaturated/α-hetero) is 1. The molecule has 1 heterocycles. The van der Waals surface area contributed by atoms with Crippen LogP contribution in [0.4, 0.5) is 0 Å². The molecule has 0 amide bonds. The van der Waals surface area contributed by atoms with Gasteiger partial charge in [-0.2, -0.15) is 0 Å². The highest BCUT2D eigenvalue weighted by Crippen LogP contribution is 2.30. The lowest BCUT2D eigenvalue weighted by Gasteiger charge is -2.22. The van der Waals surface area contributed by atoms with E-state index in [1.807, 2.05) is 6.07 Å². The van der Waals surface area contributed by atoms with E-state index < -0.39 is 0 Å². The van der Waals surface area contributed by atoms with E-state index in [1.54, 1.807) is 12.3 Å². The maximum absolute atomic E-state index is 12.4.